The topological polar surface area (TPSA) is 32.0 Å². The van der Waals surface area contributed by atoms with E-state index in [-0.39, 0.29) is 10.8 Å². The molecule has 1 aliphatic carbocycles. The SMILES string of the molecule is CSc1nnc(SC2=C(/C=C/C3=[N+](C)c4ccc5ccccc5c4C3(C)C)CCC/C2=C\C=C2\N(C)c3ccc4ccccc4c3C2(C)C)s1. The molecule has 0 radical (unpaired) electrons. The van der Waals surface area contributed by atoms with Crippen molar-refractivity contribution in [3.63, 3.8) is 0 Å². The van der Waals surface area contributed by atoms with Gasteiger partial charge in [-0.05, 0) is 95.8 Å². The number of hydrogen-bond acceptors (Lipinski definition) is 6. The van der Waals surface area contributed by atoms with Crippen LogP contribution in [0.25, 0.3) is 21.5 Å². The Morgan fingerprint density at radius 3 is 2.18 bits per heavy atom. The molecule has 0 N–H and O–H groups in total. The molecule has 5 aromatic rings. The van der Waals surface area contributed by atoms with E-state index in [9.17, 15) is 0 Å². The molecule has 2 aliphatic heterocycles. The summed E-state index contributed by atoms with van der Waals surface area (Å²) in [5.74, 6) is 0. The van der Waals surface area contributed by atoms with Gasteiger partial charge in [-0.3, -0.25) is 0 Å². The minimum atomic E-state index is -0.128. The van der Waals surface area contributed by atoms with Gasteiger partial charge in [0, 0.05) is 46.5 Å². The maximum absolute atomic E-state index is 4.60. The average Bonchev–Trinajstić information content (AvgIpc) is 3.72. The minimum absolute atomic E-state index is 0.128. The van der Waals surface area contributed by atoms with Crippen molar-refractivity contribution in [1.82, 2.24) is 10.2 Å². The molecule has 1 aromatic heterocycles. The standard InChI is InChI=1S/C43H43N4S3/c1-42(2)35(46(5)33-23-19-27-13-8-10-17-31(27)37(33)42)25-21-29-15-12-16-30(39(29)49-41-45-44-40(48-7)50-41)22-26-36-43(3,4)38-32-18-11-9-14-28(32)20-24-34(38)47(36)6/h8-11,13-14,17-26H,12,15-16H2,1-7H3/q+1. The van der Waals surface area contributed by atoms with Gasteiger partial charge in [0.1, 0.15) is 7.05 Å². The van der Waals surface area contributed by atoms with Gasteiger partial charge in [-0.1, -0.05) is 115 Å². The molecule has 4 nitrogen and oxygen atoms in total. The molecule has 0 atom stereocenters. The van der Waals surface area contributed by atoms with E-state index in [0.717, 1.165) is 27.9 Å². The maximum Gasteiger partial charge on any atom is 0.210 e. The minimum Gasteiger partial charge on any atom is -0.347 e. The van der Waals surface area contributed by atoms with Crippen molar-refractivity contribution in [2.24, 2.45) is 0 Å². The summed E-state index contributed by atoms with van der Waals surface area (Å²) in [7, 11) is 4.44. The van der Waals surface area contributed by atoms with Gasteiger partial charge in [-0.2, -0.15) is 4.58 Å². The summed E-state index contributed by atoms with van der Waals surface area (Å²) in [6, 6.07) is 26.7. The number of likely N-dealkylation sites (N-methyl/N-ethyl adjacent to an activating group) is 1. The summed E-state index contributed by atoms with van der Waals surface area (Å²) in [6.07, 6.45) is 14.8. The van der Waals surface area contributed by atoms with E-state index < -0.39 is 0 Å². The van der Waals surface area contributed by atoms with Crippen molar-refractivity contribution in [3.05, 3.63) is 130 Å². The zero-order valence-electron chi connectivity index (χ0n) is 29.9. The van der Waals surface area contributed by atoms with Crippen LogP contribution in [0.15, 0.2) is 128 Å². The molecule has 50 heavy (non-hydrogen) atoms. The highest BCUT2D eigenvalue weighted by Gasteiger charge is 2.44. The lowest BCUT2D eigenvalue weighted by molar-refractivity contribution is -0.401. The second-order valence-corrected chi connectivity index (χ2v) is 17.8. The monoisotopic (exact) mass is 711 g/mol. The largest absolute Gasteiger partial charge is 0.347 e. The number of aromatic nitrogens is 2. The van der Waals surface area contributed by atoms with E-state index >= 15 is 0 Å². The molecule has 0 spiro atoms. The molecule has 8 rings (SSSR count). The number of fused-ring (bicyclic) bond motifs is 6. The molecule has 0 saturated heterocycles. The van der Waals surface area contributed by atoms with Crippen LogP contribution in [0.1, 0.15) is 58.1 Å². The fraction of sp³-hybridized carbons (Fsp3) is 0.279. The van der Waals surface area contributed by atoms with E-state index in [1.807, 2.05) is 0 Å². The van der Waals surface area contributed by atoms with Crippen LogP contribution in [0.5, 0.6) is 0 Å². The summed E-state index contributed by atoms with van der Waals surface area (Å²) in [4.78, 5) is 3.71. The average molecular weight is 712 g/mol. The normalized spacial score (nSPS) is 19.9. The smallest absolute Gasteiger partial charge is 0.210 e. The van der Waals surface area contributed by atoms with Crippen molar-refractivity contribution in [1.29, 1.82) is 0 Å². The van der Waals surface area contributed by atoms with Crippen LogP contribution in [0.4, 0.5) is 11.4 Å². The Balaban J connectivity index is 1.21. The highest BCUT2D eigenvalue weighted by molar-refractivity contribution is 8.05. The lowest BCUT2D eigenvalue weighted by Gasteiger charge is -2.25. The molecule has 0 bridgehead atoms. The molecular formula is C43H43N4S3+. The Bertz CT molecular complexity index is 2350. The van der Waals surface area contributed by atoms with Gasteiger partial charge in [0.2, 0.25) is 5.69 Å². The Kier molecular flexibility index (Phi) is 8.44. The summed E-state index contributed by atoms with van der Waals surface area (Å²) in [6.45, 7) is 9.48. The highest BCUT2D eigenvalue weighted by atomic mass is 32.2. The maximum atomic E-state index is 4.60. The van der Waals surface area contributed by atoms with Crippen LogP contribution in [0.2, 0.25) is 0 Å². The number of allylic oxidation sites excluding steroid dienone is 7. The van der Waals surface area contributed by atoms with Crippen LogP contribution in [-0.2, 0) is 10.8 Å². The third kappa shape index (κ3) is 5.40. The molecule has 0 unspecified atom stereocenters. The van der Waals surface area contributed by atoms with Gasteiger partial charge in [0.15, 0.2) is 14.4 Å². The van der Waals surface area contributed by atoms with Gasteiger partial charge in [-0.25, -0.2) is 0 Å². The summed E-state index contributed by atoms with van der Waals surface area (Å²) in [5, 5.41) is 14.3. The quantitative estimate of drug-likeness (QED) is 0.129. The number of benzene rings is 4. The number of nitrogens with zero attached hydrogens (tertiary/aromatic N) is 4. The Morgan fingerprint density at radius 2 is 1.46 bits per heavy atom. The fourth-order valence-electron chi connectivity index (χ4n) is 8.51. The Hall–Kier alpha value is -3.91. The van der Waals surface area contributed by atoms with Crippen molar-refractivity contribution in [2.45, 2.75) is 66.5 Å². The van der Waals surface area contributed by atoms with Crippen LogP contribution in [0, 0.1) is 0 Å². The van der Waals surface area contributed by atoms with Gasteiger partial charge in [0.25, 0.3) is 0 Å². The zero-order valence-corrected chi connectivity index (χ0v) is 32.3. The molecule has 0 fully saturated rings. The van der Waals surface area contributed by atoms with E-state index in [1.54, 1.807) is 34.9 Å². The van der Waals surface area contributed by atoms with Gasteiger partial charge < -0.3 is 4.90 Å². The second-order valence-electron chi connectivity index (χ2n) is 14.5. The van der Waals surface area contributed by atoms with Gasteiger partial charge >= 0.3 is 0 Å². The predicted octanol–water partition coefficient (Wildman–Crippen LogP) is 11.6. The van der Waals surface area contributed by atoms with Crippen LogP contribution in [-0.4, -0.2) is 40.8 Å². The van der Waals surface area contributed by atoms with Crippen LogP contribution >= 0.6 is 34.9 Å². The molecule has 0 saturated carbocycles. The number of anilines is 1. The summed E-state index contributed by atoms with van der Waals surface area (Å²) >= 11 is 5.13. The molecule has 0 amide bonds. The second kappa shape index (κ2) is 12.7. The zero-order chi connectivity index (χ0) is 34.8. The first-order chi connectivity index (χ1) is 24.1. The predicted molar refractivity (Wildman–Crippen MR) is 217 cm³/mol. The number of hydrogen-bond donors (Lipinski definition) is 0. The molecule has 7 heteroatoms. The fourth-order valence-corrected chi connectivity index (χ4v) is 11.2. The third-order valence-electron chi connectivity index (χ3n) is 10.9. The molecule has 252 valence electrons. The number of rotatable bonds is 6. The Labute approximate surface area is 308 Å². The summed E-state index contributed by atoms with van der Waals surface area (Å²) in [5.41, 5.74) is 10.5. The molecule has 3 aliphatic rings. The van der Waals surface area contributed by atoms with E-state index in [2.05, 4.69) is 165 Å². The third-order valence-corrected chi connectivity index (χ3v) is 14.1. The lowest BCUT2D eigenvalue weighted by atomic mass is 9.78. The van der Waals surface area contributed by atoms with E-state index in [0.29, 0.717) is 0 Å². The van der Waals surface area contributed by atoms with E-state index in [4.69, 9.17) is 0 Å². The molecule has 3 heterocycles. The van der Waals surface area contributed by atoms with Crippen LogP contribution < -0.4 is 4.90 Å². The molecular weight excluding hydrogens is 669 g/mol. The summed E-state index contributed by atoms with van der Waals surface area (Å²) < 4.78 is 4.39. The lowest BCUT2D eigenvalue weighted by Crippen LogP contribution is -2.27. The van der Waals surface area contributed by atoms with Crippen molar-refractivity contribution < 1.29 is 4.58 Å². The van der Waals surface area contributed by atoms with Gasteiger partial charge in [0.05, 0.1) is 5.41 Å². The van der Waals surface area contributed by atoms with Crippen LogP contribution in [0.3, 0.4) is 0 Å². The highest BCUT2D eigenvalue weighted by Crippen LogP contribution is 2.51. The van der Waals surface area contributed by atoms with Gasteiger partial charge in [-0.15, -0.1) is 10.2 Å². The first kappa shape index (κ1) is 33.2. The van der Waals surface area contributed by atoms with Crippen molar-refractivity contribution in [3.8, 4) is 0 Å². The van der Waals surface area contributed by atoms with E-state index in [1.165, 1.54) is 71.5 Å². The van der Waals surface area contributed by atoms with Crippen molar-refractivity contribution in [2.75, 3.05) is 25.3 Å². The Morgan fingerprint density at radius 1 is 0.780 bits per heavy atom. The molecule has 4 aromatic carbocycles. The van der Waals surface area contributed by atoms with Crippen molar-refractivity contribution >= 4 is 73.5 Å². The first-order valence-corrected chi connectivity index (χ1v) is 20.2. The number of thioether (sulfide) groups is 2. The first-order valence-electron chi connectivity index (χ1n) is 17.4.